The summed E-state index contributed by atoms with van der Waals surface area (Å²) < 4.78 is 5.19. The van der Waals surface area contributed by atoms with Crippen LogP contribution in [0.2, 0.25) is 0 Å². The topological polar surface area (TPSA) is 79.2 Å². The Morgan fingerprint density at radius 3 is 2.43 bits per heavy atom. The second kappa shape index (κ2) is 6.35. The first kappa shape index (κ1) is 17.5. The van der Waals surface area contributed by atoms with E-state index in [1.54, 1.807) is 0 Å². The Kier molecular flexibility index (Phi) is 4.84. The number of nitrogens with zero attached hydrogens (tertiary/aromatic N) is 1. The maximum absolute atomic E-state index is 12.2. The number of rotatable bonds is 5. The zero-order valence-corrected chi connectivity index (χ0v) is 14.4. The van der Waals surface area contributed by atoms with Gasteiger partial charge in [-0.15, -0.1) is 0 Å². The average molecular weight is 318 g/mol. The third-order valence-electron chi connectivity index (χ3n) is 5.07. The standard InChI is InChI=1S/C18H26N2O3/c1-12(2)9-13-15(17(13,3)4)16(22)23-10-14(21)20-18(11-19)7-5-6-8-18/h9,13,15H,5-8,10H2,1-4H3,(H,20,21)/t13-,15+/m1/s1. The molecule has 5 nitrogen and oxygen atoms in total. The lowest BCUT2D eigenvalue weighted by Gasteiger charge is -2.21. The normalized spacial score (nSPS) is 26.7. The zero-order chi connectivity index (χ0) is 17.3. The van der Waals surface area contributed by atoms with Crippen molar-refractivity contribution >= 4 is 11.9 Å². The fourth-order valence-electron chi connectivity index (χ4n) is 3.57. The molecule has 2 atom stereocenters. The number of amides is 1. The van der Waals surface area contributed by atoms with Gasteiger partial charge in [0, 0.05) is 0 Å². The van der Waals surface area contributed by atoms with Gasteiger partial charge < -0.3 is 10.1 Å². The minimum Gasteiger partial charge on any atom is -0.455 e. The van der Waals surface area contributed by atoms with Gasteiger partial charge >= 0.3 is 5.97 Å². The highest BCUT2D eigenvalue weighted by molar-refractivity contribution is 5.84. The molecule has 0 unspecified atom stereocenters. The molecule has 1 N–H and O–H groups in total. The summed E-state index contributed by atoms with van der Waals surface area (Å²) in [7, 11) is 0. The second-order valence-corrected chi connectivity index (χ2v) is 7.63. The lowest BCUT2D eigenvalue weighted by atomic mass is 10.00. The molecule has 0 saturated heterocycles. The first-order valence-electron chi connectivity index (χ1n) is 8.26. The molecular formula is C18H26N2O3. The largest absolute Gasteiger partial charge is 0.455 e. The van der Waals surface area contributed by atoms with Gasteiger partial charge in [-0.05, 0) is 50.9 Å². The van der Waals surface area contributed by atoms with Crippen molar-refractivity contribution in [3.63, 3.8) is 0 Å². The van der Waals surface area contributed by atoms with E-state index in [9.17, 15) is 14.9 Å². The molecule has 0 radical (unpaired) electrons. The fourth-order valence-corrected chi connectivity index (χ4v) is 3.57. The quantitative estimate of drug-likeness (QED) is 0.624. The zero-order valence-electron chi connectivity index (χ0n) is 14.4. The first-order valence-corrected chi connectivity index (χ1v) is 8.26. The molecule has 0 aromatic carbocycles. The van der Waals surface area contributed by atoms with E-state index in [1.165, 1.54) is 5.57 Å². The van der Waals surface area contributed by atoms with Gasteiger partial charge in [0.15, 0.2) is 6.61 Å². The molecule has 2 aliphatic rings. The maximum Gasteiger partial charge on any atom is 0.310 e. The number of allylic oxidation sites excluding steroid dienone is 2. The molecule has 2 rings (SSSR count). The van der Waals surface area contributed by atoms with Crippen LogP contribution in [0.25, 0.3) is 0 Å². The van der Waals surface area contributed by atoms with Crippen LogP contribution in [-0.2, 0) is 14.3 Å². The third kappa shape index (κ3) is 3.74. The molecule has 23 heavy (non-hydrogen) atoms. The minimum absolute atomic E-state index is 0.121. The van der Waals surface area contributed by atoms with Crippen LogP contribution in [0.3, 0.4) is 0 Å². The average Bonchev–Trinajstić information content (AvgIpc) is 2.84. The van der Waals surface area contributed by atoms with Crippen LogP contribution in [0.5, 0.6) is 0 Å². The molecule has 2 fully saturated rings. The van der Waals surface area contributed by atoms with Crippen LogP contribution >= 0.6 is 0 Å². The van der Waals surface area contributed by atoms with Crippen LogP contribution in [-0.4, -0.2) is 24.0 Å². The molecule has 0 aromatic rings. The summed E-state index contributed by atoms with van der Waals surface area (Å²) in [5.41, 5.74) is 0.283. The molecule has 5 heteroatoms. The molecule has 1 amide bonds. The van der Waals surface area contributed by atoms with Gasteiger partial charge in [-0.25, -0.2) is 0 Å². The highest BCUT2D eigenvalue weighted by atomic mass is 16.5. The molecule has 0 heterocycles. The molecular weight excluding hydrogens is 292 g/mol. The first-order chi connectivity index (χ1) is 10.7. The Hall–Kier alpha value is -1.83. The van der Waals surface area contributed by atoms with E-state index in [4.69, 9.17) is 4.74 Å². The third-order valence-corrected chi connectivity index (χ3v) is 5.07. The van der Waals surface area contributed by atoms with Crippen molar-refractivity contribution in [1.29, 1.82) is 5.26 Å². The Morgan fingerprint density at radius 1 is 1.30 bits per heavy atom. The second-order valence-electron chi connectivity index (χ2n) is 7.63. The number of carbonyl (C=O) groups is 2. The highest BCUT2D eigenvalue weighted by Gasteiger charge is 2.61. The van der Waals surface area contributed by atoms with Gasteiger partial charge in [0.25, 0.3) is 5.91 Å². The van der Waals surface area contributed by atoms with E-state index >= 15 is 0 Å². The van der Waals surface area contributed by atoms with E-state index in [-0.39, 0.29) is 35.7 Å². The number of hydrogen-bond acceptors (Lipinski definition) is 4. The van der Waals surface area contributed by atoms with E-state index in [2.05, 4.69) is 17.5 Å². The van der Waals surface area contributed by atoms with Gasteiger partial charge in [-0.2, -0.15) is 5.26 Å². The number of nitriles is 1. The van der Waals surface area contributed by atoms with Gasteiger partial charge in [0.2, 0.25) is 0 Å². The van der Waals surface area contributed by atoms with Crippen LogP contribution in [0.15, 0.2) is 11.6 Å². The SMILES string of the molecule is CC(C)=C[C@@H]1[C@@H](C(=O)OCC(=O)NC2(C#N)CCCC2)C1(C)C. The Morgan fingerprint density at radius 2 is 1.91 bits per heavy atom. The van der Waals surface area contributed by atoms with E-state index in [1.807, 2.05) is 27.7 Å². The molecule has 126 valence electrons. The number of hydrogen-bond donors (Lipinski definition) is 1. The van der Waals surface area contributed by atoms with Gasteiger partial charge in [0.05, 0.1) is 12.0 Å². The van der Waals surface area contributed by atoms with Gasteiger partial charge in [0.1, 0.15) is 5.54 Å². The summed E-state index contributed by atoms with van der Waals surface area (Å²) in [5.74, 6) is -0.742. The molecule has 0 bridgehead atoms. The smallest absolute Gasteiger partial charge is 0.310 e. The summed E-state index contributed by atoms with van der Waals surface area (Å²) >= 11 is 0. The number of ether oxygens (including phenoxy) is 1. The molecule has 2 saturated carbocycles. The van der Waals surface area contributed by atoms with E-state index < -0.39 is 5.54 Å². The van der Waals surface area contributed by atoms with Gasteiger partial charge in [-0.3, -0.25) is 9.59 Å². The number of esters is 1. The maximum atomic E-state index is 12.2. The Bertz CT molecular complexity index is 561. The molecule has 2 aliphatic carbocycles. The summed E-state index contributed by atoms with van der Waals surface area (Å²) in [5, 5.41) is 12.0. The number of carbonyl (C=O) groups excluding carboxylic acids is 2. The van der Waals surface area contributed by atoms with Crippen molar-refractivity contribution in [3.05, 3.63) is 11.6 Å². The van der Waals surface area contributed by atoms with E-state index in [0.29, 0.717) is 12.8 Å². The van der Waals surface area contributed by atoms with Crippen molar-refractivity contribution in [2.75, 3.05) is 6.61 Å². The van der Waals surface area contributed by atoms with Crippen LogP contribution in [0, 0.1) is 28.6 Å². The summed E-state index contributed by atoms with van der Waals surface area (Å²) in [6.07, 6.45) is 5.31. The minimum atomic E-state index is -0.771. The van der Waals surface area contributed by atoms with Crippen molar-refractivity contribution in [1.82, 2.24) is 5.32 Å². The molecule has 0 aliphatic heterocycles. The Balaban J connectivity index is 1.84. The molecule has 0 aromatic heterocycles. The van der Waals surface area contributed by atoms with Crippen LogP contribution in [0.4, 0.5) is 0 Å². The number of nitrogens with one attached hydrogen (secondary N) is 1. The van der Waals surface area contributed by atoms with Gasteiger partial charge in [-0.1, -0.05) is 25.5 Å². The predicted octanol–water partition coefficient (Wildman–Crippen LogP) is 2.72. The lowest BCUT2D eigenvalue weighted by Crippen LogP contribution is -2.46. The van der Waals surface area contributed by atoms with Crippen molar-refractivity contribution in [2.24, 2.45) is 17.3 Å². The Labute approximate surface area is 138 Å². The fraction of sp³-hybridized carbons (Fsp3) is 0.722. The van der Waals surface area contributed by atoms with Crippen LogP contribution < -0.4 is 5.32 Å². The van der Waals surface area contributed by atoms with Crippen molar-refractivity contribution in [3.8, 4) is 6.07 Å². The summed E-state index contributed by atoms with van der Waals surface area (Å²) in [4.78, 5) is 24.2. The predicted molar refractivity (Wildman–Crippen MR) is 86.1 cm³/mol. The van der Waals surface area contributed by atoms with Crippen LogP contribution in [0.1, 0.15) is 53.4 Å². The van der Waals surface area contributed by atoms with E-state index in [0.717, 1.165) is 12.8 Å². The lowest BCUT2D eigenvalue weighted by molar-refractivity contribution is -0.151. The molecule has 0 spiro atoms. The van der Waals surface area contributed by atoms with Crippen molar-refractivity contribution < 1.29 is 14.3 Å². The summed E-state index contributed by atoms with van der Waals surface area (Å²) in [6, 6.07) is 2.19. The highest BCUT2D eigenvalue weighted by Crippen LogP contribution is 2.59. The monoisotopic (exact) mass is 318 g/mol. The van der Waals surface area contributed by atoms with Crippen molar-refractivity contribution in [2.45, 2.75) is 58.9 Å². The summed E-state index contributed by atoms with van der Waals surface area (Å²) in [6.45, 7) is 7.77.